The fraction of sp³-hybridized carbons (Fsp3) is 0.600. The zero-order chi connectivity index (χ0) is 24.0. The number of nitriles is 1. The summed E-state index contributed by atoms with van der Waals surface area (Å²) in [6.45, 7) is 8.68. The first kappa shape index (κ1) is 23.1. The molecule has 1 aliphatic carbocycles. The summed E-state index contributed by atoms with van der Waals surface area (Å²) in [5, 5.41) is 15.4. The van der Waals surface area contributed by atoms with Gasteiger partial charge >= 0.3 is 6.09 Å². The van der Waals surface area contributed by atoms with Crippen molar-refractivity contribution in [3.8, 4) is 6.07 Å². The molecule has 2 heterocycles. The van der Waals surface area contributed by atoms with Gasteiger partial charge in [0.2, 0.25) is 11.8 Å². The molecule has 3 aliphatic rings. The summed E-state index contributed by atoms with van der Waals surface area (Å²) in [7, 11) is 0. The van der Waals surface area contributed by atoms with Crippen LogP contribution in [0.1, 0.15) is 46.1 Å². The van der Waals surface area contributed by atoms with E-state index in [0.717, 1.165) is 5.56 Å². The van der Waals surface area contributed by atoms with Crippen molar-refractivity contribution >= 4 is 17.9 Å². The third-order valence-corrected chi connectivity index (χ3v) is 7.50. The summed E-state index contributed by atoms with van der Waals surface area (Å²) in [5.41, 5.74) is 0.510. The molecule has 8 heteroatoms. The maximum absolute atomic E-state index is 13.3. The van der Waals surface area contributed by atoms with Gasteiger partial charge in [-0.25, -0.2) is 4.79 Å². The molecule has 33 heavy (non-hydrogen) atoms. The van der Waals surface area contributed by atoms with Gasteiger partial charge in [-0.1, -0.05) is 44.2 Å². The van der Waals surface area contributed by atoms with E-state index in [1.807, 2.05) is 44.2 Å². The topological polar surface area (TPSA) is 112 Å². The molecule has 2 aliphatic heterocycles. The Morgan fingerprint density at radius 2 is 1.97 bits per heavy atom. The third kappa shape index (κ3) is 4.54. The molecule has 0 radical (unpaired) electrons. The average Bonchev–Trinajstić information content (AvgIpc) is 3.07. The number of benzene rings is 1. The van der Waals surface area contributed by atoms with E-state index < -0.39 is 18.2 Å². The van der Waals surface area contributed by atoms with Crippen molar-refractivity contribution in [2.45, 2.75) is 64.8 Å². The number of nitrogens with one attached hydrogen (secondary N) is 2. The number of nitrogens with zero attached hydrogens (tertiary/aromatic N) is 2. The minimum atomic E-state index is -0.801. The number of piperidine rings is 1. The average molecular weight is 453 g/mol. The molecule has 8 nitrogen and oxygen atoms in total. The molecule has 1 saturated carbocycles. The largest absolute Gasteiger partial charge is 0.445 e. The van der Waals surface area contributed by atoms with Gasteiger partial charge in [0.1, 0.15) is 18.7 Å². The third-order valence-electron chi connectivity index (χ3n) is 7.50. The van der Waals surface area contributed by atoms with Crippen LogP contribution in [0.4, 0.5) is 4.79 Å². The molecule has 176 valence electrons. The summed E-state index contributed by atoms with van der Waals surface area (Å²) < 4.78 is 5.49. The maximum Gasteiger partial charge on any atom is 0.410 e. The highest BCUT2D eigenvalue weighted by Gasteiger charge is 2.69. The SMILES string of the molecule is CC1(C)C[C@@H](C[C@@H](C#N)NC(=O)[C@@H]2[C@@H]3[C@H](CN2C(=O)OCc2ccccc2)C3(C)C)C(=O)N1. The van der Waals surface area contributed by atoms with Crippen LogP contribution in [0.5, 0.6) is 0 Å². The summed E-state index contributed by atoms with van der Waals surface area (Å²) in [5.74, 6) is -0.529. The van der Waals surface area contributed by atoms with Gasteiger partial charge in [-0.15, -0.1) is 0 Å². The van der Waals surface area contributed by atoms with Gasteiger partial charge in [0.05, 0.1) is 6.07 Å². The summed E-state index contributed by atoms with van der Waals surface area (Å²) >= 11 is 0. The molecule has 5 atom stereocenters. The van der Waals surface area contributed by atoms with E-state index in [1.54, 1.807) is 0 Å². The lowest BCUT2D eigenvalue weighted by Gasteiger charge is -2.30. The minimum Gasteiger partial charge on any atom is -0.445 e. The van der Waals surface area contributed by atoms with Crippen molar-refractivity contribution < 1.29 is 19.1 Å². The van der Waals surface area contributed by atoms with Gasteiger partial charge in [0.25, 0.3) is 0 Å². The Morgan fingerprint density at radius 1 is 1.27 bits per heavy atom. The molecule has 2 saturated heterocycles. The fourth-order valence-electron chi connectivity index (χ4n) is 5.65. The number of hydrogen-bond donors (Lipinski definition) is 2. The van der Waals surface area contributed by atoms with Crippen molar-refractivity contribution in [1.82, 2.24) is 15.5 Å². The normalized spacial score (nSPS) is 29.4. The minimum absolute atomic E-state index is 0.0230. The Labute approximate surface area is 194 Å². The van der Waals surface area contributed by atoms with Gasteiger partial charge in [-0.2, -0.15) is 5.26 Å². The lowest BCUT2D eigenvalue weighted by atomic mass is 9.91. The fourth-order valence-corrected chi connectivity index (χ4v) is 5.65. The van der Waals surface area contributed by atoms with E-state index in [0.29, 0.717) is 13.0 Å². The number of rotatable bonds is 6. The molecule has 0 bridgehead atoms. The molecule has 1 aromatic rings. The monoisotopic (exact) mass is 452 g/mol. The molecule has 2 N–H and O–H groups in total. The molecule has 0 spiro atoms. The van der Waals surface area contributed by atoms with Gasteiger partial charge < -0.3 is 15.4 Å². The van der Waals surface area contributed by atoms with E-state index >= 15 is 0 Å². The van der Waals surface area contributed by atoms with E-state index in [4.69, 9.17) is 4.74 Å². The van der Waals surface area contributed by atoms with Crippen LogP contribution >= 0.6 is 0 Å². The second kappa shape index (κ2) is 8.36. The number of likely N-dealkylation sites (tertiary alicyclic amines) is 1. The molecular formula is C25H32N4O4. The summed E-state index contributed by atoms with van der Waals surface area (Å²) in [6, 6.07) is 10.0. The van der Waals surface area contributed by atoms with E-state index in [9.17, 15) is 19.6 Å². The van der Waals surface area contributed by atoms with Gasteiger partial charge in [0, 0.05) is 18.0 Å². The Hall–Kier alpha value is -3.08. The molecule has 3 amide bonds. The van der Waals surface area contributed by atoms with E-state index in [2.05, 4.69) is 30.6 Å². The van der Waals surface area contributed by atoms with Crippen LogP contribution in [-0.4, -0.2) is 47.0 Å². The van der Waals surface area contributed by atoms with Crippen LogP contribution in [-0.2, 0) is 20.9 Å². The summed E-state index contributed by atoms with van der Waals surface area (Å²) in [4.78, 5) is 39.9. The molecule has 0 aromatic heterocycles. The van der Waals surface area contributed by atoms with E-state index in [-0.39, 0.29) is 53.5 Å². The van der Waals surface area contributed by atoms with Crippen molar-refractivity contribution in [2.75, 3.05) is 6.54 Å². The van der Waals surface area contributed by atoms with Crippen LogP contribution in [0.3, 0.4) is 0 Å². The van der Waals surface area contributed by atoms with Gasteiger partial charge in [-0.05, 0) is 49.5 Å². The maximum atomic E-state index is 13.3. The zero-order valence-electron chi connectivity index (χ0n) is 19.6. The number of ether oxygens (including phenoxy) is 1. The highest BCUT2D eigenvalue weighted by atomic mass is 16.6. The van der Waals surface area contributed by atoms with Crippen molar-refractivity contribution in [1.29, 1.82) is 5.26 Å². The van der Waals surface area contributed by atoms with Crippen molar-refractivity contribution in [3.05, 3.63) is 35.9 Å². The lowest BCUT2D eigenvalue weighted by molar-refractivity contribution is -0.127. The quantitative estimate of drug-likeness (QED) is 0.689. The number of fused-ring (bicyclic) bond motifs is 1. The van der Waals surface area contributed by atoms with Crippen LogP contribution in [0.15, 0.2) is 30.3 Å². The summed E-state index contributed by atoms with van der Waals surface area (Å²) in [6.07, 6.45) is 0.339. The predicted octanol–water partition coefficient (Wildman–Crippen LogP) is 2.59. The Kier molecular flexibility index (Phi) is 5.85. The van der Waals surface area contributed by atoms with Gasteiger partial charge in [-0.3, -0.25) is 14.5 Å². The number of carbonyl (C=O) groups is 3. The molecule has 1 aromatic carbocycles. The Morgan fingerprint density at radius 3 is 2.58 bits per heavy atom. The standard InChI is InChI=1S/C25H32N4O4/c1-24(2)11-16(21(30)28-24)10-17(12-26)27-22(31)20-19-18(25(19,3)4)13-29(20)23(32)33-14-15-8-6-5-7-9-15/h5-9,16-20H,10-11,13-14H2,1-4H3,(H,27,31)(H,28,30)/t16-,17+,18+,19+,20+/m1/s1. The number of hydrogen-bond acceptors (Lipinski definition) is 5. The highest BCUT2D eigenvalue weighted by Crippen LogP contribution is 2.64. The second-order valence-electron chi connectivity index (χ2n) is 10.8. The van der Waals surface area contributed by atoms with E-state index in [1.165, 1.54) is 4.90 Å². The Bertz CT molecular complexity index is 984. The first-order valence-corrected chi connectivity index (χ1v) is 11.5. The first-order chi connectivity index (χ1) is 15.5. The van der Waals surface area contributed by atoms with Crippen LogP contribution < -0.4 is 10.6 Å². The van der Waals surface area contributed by atoms with Crippen LogP contribution in [0.25, 0.3) is 0 Å². The smallest absolute Gasteiger partial charge is 0.410 e. The number of amides is 3. The predicted molar refractivity (Wildman–Crippen MR) is 120 cm³/mol. The van der Waals surface area contributed by atoms with Crippen molar-refractivity contribution in [2.24, 2.45) is 23.2 Å². The lowest BCUT2D eigenvalue weighted by Crippen LogP contribution is -2.52. The molecular weight excluding hydrogens is 420 g/mol. The molecule has 3 fully saturated rings. The molecule has 0 unspecified atom stereocenters. The molecule has 4 rings (SSSR count). The first-order valence-electron chi connectivity index (χ1n) is 11.5. The second-order valence-corrected chi connectivity index (χ2v) is 10.8. The van der Waals surface area contributed by atoms with Crippen LogP contribution in [0.2, 0.25) is 0 Å². The number of carbonyl (C=O) groups excluding carboxylic acids is 3. The van der Waals surface area contributed by atoms with Crippen LogP contribution in [0, 0.1) is 34.5 Å². The Balaban J connectivity index is 1.41. The zero-order valence-corrected chi connectivity index (χ0v) is 19.6. The van der Waals surface area contributed by atoms with Gasteiger partial charge in [0.15, 0.2) is 0 Å². The van der Waals surface area contributed by atoms with Crippen molar-refractivity contribution in [3.63, 3.8) is 0 Å². The highest BCUT2D eigenvalue weighted by molar-refractivity contribution is 5.88.